The van der Waals surface area contributed by atoms with Crippen LogP contribution >= 0.6 is 0 Å². The number of quaternary nitrogens is 1. The molecule has 0 spiro atoms. The first kappa shape index (κ1) is 26.6. The maximum absolute atomic E-state index is 11.4. The number of sulfonamides is 2. The van der Waals surface area contributed by atoms with Crippen LogP contribution in [-0.4, -0.2) is 58.5 Å². The van der Waals surface area contributed by atoms with Gasteiger partial charge in [0.25, 0.3) is 0 Å². The molecular formula is C11H22F6N2O4S2. The van der Waals surface area contributed by atoms with E-state index in [9.17, 15) is 43.2 Å². The van der Waals surface area contributed by atoms with Crippen molar-refractivity contribution in [1.29, 1.82) is 0 Å². The summed E-state index contributed by atoms with van der Waals surface area (Å²) in [5.74, 6) is 0. The van der Waals surface area contributed by atoms with Gasteiger partial charge < -0.3 is 8.61 Å². The molecule has 0 aromatic carbocycles. The zero-order valence-corrected chi connectivity index (χ0v) is 15.8. The Morgan fingerprint density at radius 3 is 1.12 bits per heavy atom. The third-order valence-electron chi connectivity index (χ3n) is 3.49. The normalized spacial score (nSPS) is 14.0. The number of hydrogen-bond donors (Lipinski definition) is 0. The predicted molar refractivity (Wildman–Crippen MR) is 80.4 cm³/mol. The fourth-order valence-corrected chi connectivity index (χ4v) is 3.54. The summed E-state index contributed by atoms with van der Waals surface area (Å²) in [6.45, 7) is 14.4. The summed E-state index contributed by atoms with van der Waals surface area (Å²) in [4.78, 5) is 0. The molecule has 0 aliphatic carbocycles. The second-order valence-corrected chi connectivity index (χ2v) is 8.35. The number of rotatable bonds is 7. The molecule has 0 aliphatic heterocycles. The molecule has 25 heavy (non-hydrogen) atoms. The van der Waals surface area contributed by atoms with Crippen LogP contribution in [0.5, 0.6) is 0 Å². The van der Waals surface area contributed by atoms with Crippen molar-refractivity contribution in [2.24, 2.45) is 0 Å². The predicted octanol–water partition coefficient (Wildman–Crippen LogP) is 3.33. The van der Waals surface area contributed by atoms with Gasteiger partial charge in [-0.1, -0.05) is 6.92 Å². The molecule has 0 amide bonds. The fraction of sp³-hybridized carbons (Fsp3) is 1.00. The standard InChI is InChI=1S/C9H22N.C2F6NO4S2/c1-5-9-10(6-2,7-3)8-4;3-1(4,5)14(10,11)9-15(12,13)2(6,7)8/h5-9H2,1-4H3;/q+1;-1. The molecule has 0 aliphatic rings. The van der Waals surface area contributed by atoms with Crippen molar-refractivity contribution < 1.29 is 47.7 Å². The summed E-state index contributed by atoms with van der Waals surface area (Å²) < 4.78 is 110. The Bertz CT molecular complexity index is 545. The van der Waals surface area contributed by atoms with Gasteiger partial charge in [0.15, 0.2) is 20.0 Å². The Kier molecular flexibility index (Phi) is 9.98. The molecule has 0 fully saturated rings. The van der Waals surface area contributed by atoms with Gasteiger partial charge in [0.2, 0.25) is 0 Å². The molecule has 0 radical (unpaired) electrons. The van der Waals surface area contributed by atoms with Gasteiger partial charge in [-0.15, -0.1) is 0 Å². The smallest absolute Gasteiger partial charge is 0.421 e. The molecule has 0 heterocycles. The Morgan fingerprint density at radius 2 is 1.00 bits per heavy atom. The average molecular weight is 424 g/mol. The molecular weight excluding hydrogens is 402 g/mol. The molecule has 0 saturated heterocycles. The number of hydrogen-bond acceptors (Lipinski definition) is 4. The highest BCUT2D eigenvalue weighted by Crippen LogP contribution is 2.36. The fourth-order valence-electron chi connectivity index (χ4n) is 1.83. The van der Waals surface area contributed by atoms with Crippen molar-refractivity contribution in [3.8, 4) is 0 Å². The van der Waals surface area contributed by atoms with E-state index in [4.69, 9.17) is 0 Å². The highest BCUT2D eigenvalue weighted by molar-refractivity contribution is 8.13. The first-order valence-electron chi connectivity index (χ1n) is 7.17. The molecule has 0 saturated carbocycles. The van der Waals surface area contributed by atoms with Crippen molar-refractivity contribution >= 4 is 20.0 Å². The lowest BCUT2D eigenvalue weighted by molar-refractivity contribution is -0.923. The Hall–Kier alpha value is -0.600. The molecule has 0 aromatic rings. The zero-order chi connectivity index (χ0) is 20.7. The SMILES string of the molecule is CCC[N+](CC)(CC)CC.O=S(=O)([N-]S(=O)(=O)C(F)(F)F)C(F)(F)F. The molecule has 0 aromatic heterocycles. The van der Waals surface area contributed by atoms with Crippen molar-refractivity contribution in [2.45, 2.75) is 45.1 Å². The summed E-state index contributed by atoms with van der Waals surface area (Å²) in [5.41, 5.74) is -12.4. The first-order valence-corrected chi connectivity index (χ1v) is 10.0. The average Bonchev–Trinajstić information content (AvgIpc) is 2.42. The van der Waals surface area contributed by atoms with Gasteiger partial charge in [-0.05, 0) is 27.2 Å². The van der Waals surface area contributed by atoms with Crippen molar-refractivity contribution in [3.05, 3.63) is 4.13 Å². The van der Waals surface area contributed by atoms with E-state index in [1.807, 2.05) is 0 Å². The highest BCUT2D eigenvalue weighted by Gasteiger charge is 2.46. The molecule has 0 unspecified atom stereocenters. The van der Waals surface area contributed by atoms with Crippen LogP contribution in [0.25, 0.3) is 4.13 Å². The van der Waals surface area contributed by atoms with Crippen LogP contribution in [0.15, 0.2) is 0 Å². The van der Waals surface area contributed by atoms with Crippen LogP contribution in [-0.2, 0) is 20.0 Å². The van der Waals surface area contributed by atoms with Crippen LogP contribution in [0.3, 0.4) is 0 Å². The van der Waals surface area contributed by atoms with E-state index in [0.29, 0.717) is 0 Å². The maximum atomic E-state index is 11.4. The summed E-state index contributed by atoms with van der Waals surface area (Å²) >= 11 is 0. The second kappa shape index (κ2) is 9.37. The van der Waals surface area contributed by atoms with Crippen LogP contribution in [0.2, 0.25) is 0 Å². The van der Waals surface area contributed by atoms with E-state index in [1.54, 1.807) is 0 Å². The minimum atomic E-state index is -6.72. The minimum absolute atomic E-state index is 0.778. The van der Waals surface area contributed by atoms with E-state index in [0.717, 1.165) is 4.13 Å². The summed E-state index contributed by atoms with van der Waals surface area (Å²) in [6.07, 6.45) is 1.32. The van der Waals surface area contributed by atoms with Gasteiger partial charge >= 0.3 is 11.0 Å². The molecule has 154 valence electrons. The van der Waals surface area contributed by atoms with E-state index in [2.05, 4.69) is 27.7 Å². The van der Waals surface area contributed by atoms with E-state index >= 15 is 0 Å². The van der Waals surface area contributed by atoms with Crippen molar-refractivity contribution in [1.82, 2.24) is 0 Å². The molecule has 0 atom stereocenters. The van der Waals surface area contributed by atoms with E-state index in [-0.39, 0.29) is 0 Å². The van der Waals surface area contributed by atoms with Gasteiger partial charge in [0, 0.05) is 0 Å². The van der Waals surface area contributed by atoms with E-state index < -0.39 is 31.1 Å². The van der Waals surface area contributed by atoms with Gasteiger partial charge in [-0.25, -0.2) is 16.8 Å². The minimum Gasteiger partial charge on any atom is -0.421 e. The molecule has 14 heteroatoms. The zero-order valence-electron chi connectivity index (χ0n) is 14.1. The summed E-state index contributed by atoms with van der Waals surface area (Å²) in [5, 5.41) is 0. The Morgan fingerprint density at radius 1 is 0.720 bits per heavy atom. The molecule has 0 bridgehead atoms. The van der Waals surface area contributed by atoms with Gasteiger partial charge in [-0.3, -0.25) is 0 Å². The quantitative estimate of drug-likeness (QED) is 0.464. The molecule has 0 N–H and O–H groups in total. The topological polar surface area (TPSA) is 82.4 Å². The summed E-state index contributed by atoms with van der Waals surface area (Å²) in [7, 11) is -13.4. The number of halogens is 6. The summed E-state index contributed by atoms with van der Waals surface area (Å²) in [6, 6.07) is 0. The number of nitrogens with zero attached hydrogens (tertiary/aromatic N) is 2. The van der Waals surface area contributed by atoms with Gasteiger partial charge in [0.1, 0.15) is 0 Å². The molecule has 6 nitrogen and oxygen atoms in total. The van der Waals surface area contributed by atoms with Crippen molar-refractivity contribution in [2.75, 3.05) is 26.2 Å². The van der Waals surface area contributed by atoms with E-state index in [1.165, 1.54) is 37.1 Å². The monoisotopic (exact) mass is 424 g/mol. The lowest BCUT2D eigenvalue weighted by atomic mass is 10.3. The third kappa shape index (κ3) is 8.09. The van der Waals surface area contributed by atoms with Crippen LogP contribution in [0.1, 0.15) is 34.1 Å². The Balaban J connectivity index is 0. The highest BCUT2D eigenvalue weighted by atomic mass is 32.3. The lowest BCUT2D eigenvalue weighted by Gasteiger charge is -2.35. The first-order chi connectivity index (χ1) is 10.9. The van der Waals surface area contributed by atoms with Gasteiger partial charge in [0.05, 0.1) is 26.2 Å². The second-order valence-electron chi connectivity index (χ2n) is 4.93. The van der Waals surface area contributed by atoms with Crippen LogP contribution in [0, 0.1) is 0 Å². The third-order valence-corrected chi connectivity index (χ3v) is 6.23. The number of alkyl halides is 6. The maximum Gasteiger partial charge on any atom is 0.480 e. The largest absolute Gasteiger partial charge is 0.480 e. The van der Waals surface area contributed by atoms with Crippen LogP contribution in [0.4, 0.5) is 26.3 Å². The van der Waals surface area contributed by atoms with Crippen LogP contribution < -0.4 is 0 Å². The lowest BCUT2D eigenvalue weighted by Crippen LogP contribution is -2.47. The molecule has 0 rings (SSSR count). The van der Waals surface area contributed by atoms with Crippen molar-refractivity contribution in [3.63, 3.8) is 0 Å². The Labute approximate surface area is 143 Å². The van der Waals surface area contributed by atoms with Gasteiger partial charge in [-0.2, -0.15) is 26.3 Å².